The summed E-state index contributed by atoms with van der Waals surface area (Å²) in [5.41, 5.74) is -0.589. The molecule has 0 atom stereocenters. The van der Waals surface area contributed by atoms with Gasteiger partial charge in [-0.1, -0.05) is 0 Å². The second-order valence-corrected chi connectivity index (χ2v) is 4.36. The fourth-order valence-corrected chi connectivity index (χ4v) is 2.03. The van der Waals surface area contributed by atoms with Gasteiger partial charge < -0.3 is 10.2 Å². The number of hydrogen-bond donors (Lipinski definition) is 2. The summed E-state index contributed by atoms with van der Waals surface area (Å²) in [5, 5.41) is 17.9. The van der Waals surface area contributed by atoms with Gasteiger partial charge in [-0.3, -0.25) is 14.5 Å². The highest BCUT2D eigenvalue weighted by Crippen LogP contribution is 2.25. The Morgan fingerprint density at radius 3 is 1.75 bits per heavy atom. The number of aromatic carboxylic acids is 2. The quantitative estimate of drug-likeness (QED) is 0.801. The third kappa shape index (κ3) is 2.51. The van der Waals surface area contributed by atoms with Gasteiger partial charge in [-0.15, -0.1) is 0 Å². The van der Waals surface area contributed by atoms with Gasteiger partial charge in [0.1, 0.15) is 0 Å². The molecular formula is C13H11NO6. The summed E-state index contributed by atoms with van der Waals surface area (Å²) in [7, 11) is 0. The van der Waals surface area contributed by atoms with E-state index in [4.69, 9.17) is 10.2 Å². The van der Waals surface area contributed by atoms with Crippen molar-refractivity contribution in [3.63, 3.8) is 0 Å². The Morgan fingerprint density at radius 1 is 0.900 bits per heavy atom. The van der Waals surface area contributed by atoms with Crippen LogP contribution in [0.5, 0.6) is 0 Å². The van der Waals surface area contributed by atoms with Gasteiger partial charge in [0, 0.05) is 12.8 Å². The lowest BCUT2D eigenvalue weighted by atomic mass is 10.0. The number of piperidine rings is 1. The van der Waals surface area contributed by atoms with Crippen LogP contribution in [0.4, 0.5) is 5.69 Å². The minimum absolute atomic E-state index is 0.0167. The summed E-state index contributed by atoms with van der Waals surface area (Å²) in [4.78, 5) is 46.4. The van der Waals surface area contributed by atoms with Crippen LogP contribution in [0, 0.1) is 0 Å². The van der Waals surface area contributed by atoms with Crippen LogP contribution in [0.3, 0.4) is 0 Å². The fourth-order valence-electron chi connectivity index (χ4n) is 2.03. The molecule has 0 aromatic heterocycles. The summed E-state index contributed by atoms with van der Waals surface area (Å²) in [6, 6.07) is 3.22. The van der Waals surface area contributed by atoms with Gasteiger partial charge in [0.2, 0.25) is 11.8 Å². The number of benzene rings is 1. The zero-order valence-electron chi connectivity index (χ0n) is 10.3. The predicted octanol–water partition coefficient (Wildman–Crippen LogP) is 1.13. The molecule has 2 rings (SSSR count). The Morgan fingerprint density at radius 2 is 1.35 bits per heavy atom. The zero-order valence-corrected chi connectivity index (χ0v) is 10.3. The van der Waals surface area contributed by atoms with E-state index in [-0.39, 0.29) is 29.7 Å². The lowest BCUT2D eigenvalue weighted by Crippen LogP contribution is -2.40. The Bertz CT molecular complexity index is 573. The molecule has 0 bridgehead atoms. The van der Waals surface area contributed by atoms with Gasteiger partial charge in [0.05, 0.1) is 16.8 Å². The third-order valence-corrected chi connectivity index (χ3v) is 2.95. The van der Waals surface area contributed by atoms with Gasteiger partial charge in [-0.2, -0.15) is 0 Å². The number of carbonyl (C=O) groups excluding carboxylic acids is 2. The standard InChI is InChI=1S/C13H11NO6/c15-10-2-1-3-11(16)14(10)9-5-7(12(17)18)4-8(6-9)13(19)20/h4-6H,1-3H2,(H,17,18)(H,19,20). The van der Waals surface area contributed by atoms with Gasteiger partial charge in [-0.05, 0) is 24.6 Å². The third-order valence-electron chi connectivity index (χ3n) is 2.95. The number of anilines is 1. The molecule has 7 heteroatoms. The largest absolute Gasteiger partial charge is 0.478 e. The van der Waals surface area contributed by atoms with Gasteiger partial charge >= 0.3 is 11.9 Å². The van der Waals surface area contributed by atoms with Crippen molar-refractivity contribution in [1.82, 2.24) is 0 Å². The molecule has 2 N–H and O–H groups in total. The first kappa shape index (κ1) is 13.7. The number of rotatable bonds is 3. The highest BCUT2D eigenvalue weighted by molar-refractivity contribution is 6.17. The van der Waals surface area contributed by atoms with Crippen LogP contribution >= 0.6 is 0 Å². The van der Waals surface area contributed by atoms with Crippen molar-refractivity contribution in [1.29, 1.82) is 0 Å². The lowest BCUT2D eigenvalue weighted by molar-refractivity contribution is -0.129. The molecule has 0 aliphatic carbocycles. The van der Waals surface area contributed by atoms with E-state index < -0.39 is 23.8 Å². The van der Waals surface area contributed by atoms with E-state index in [9.17, 15) is 19.2 Å². The molecule has 1 aromatic rings. The number of carbonyl (C=O) groups is 4. The van der Waals surface area contributed by atoms with Crippen molar-refractivity contribution in [2.45, 2.75) is 19.3 Å². The van der Waals surface area contributed by atoms with E-state index in [1.54, 1.807) is 0 Å². The van der Waals surface area contributed by atoms with Crippen LogP contribution in [0.1, 0.15) is 40.0 Å². The summed E-state index contributed by atoms with van der Waals surface area (Å²) in [5.74, 6) is -3.57. The van der Waals surface area contributed by atoms with Crippen molar-refractivity contribution in [2.75, 3.05) is 4.90 Å². The highest BCUT2D eigenvalue weighted by Gasteiger charge is 2.28. The molecule has 2 amide bonds. The molecule has 0 spiro atoms. The van der Waals surface area contributed by atoms with Gasteiger partial charge in [0.25, 0.3) is 0 Å². The summed E-state index contributed by atoms with van der Waals surface area (Å²) >= 11 is 0. The molecule has 1 saturated heterocycles. The van der Waals surface area contributed by atoms with Crippen LogP contribution < -0.4 is 4.90 Å². The summed E-state index contributed by atoms with van der Waals surface area (Å²) < 4.78 is 0. The molecule has 20 heavy (non-hydrogen) atoms. The average molecular weight is 277 g/mol. The molecule has 1 heterocycles. The predicted molar refractivity (Wildman–Crippen MR) is 66.7 cm³/mol. The minimum Gasteiger partial charge on any atom is -0.478 e. The lowest BCUT2D eigenvalue weighted by Gasteiger charge is -2.25. The molecule has 0 saturated carbocycles. The number of carboxylic acid groups (broad SMARTS) is 2. The number of nitrogens with zero attached hydrogens (tertiary/aromatic N) is 1. The first-order chi connectivity index (χ1) is 9.40. The minimum atomic E-state index is -1.33. The van der Waals surface area contributed by atoms with Crippen LogP contribution in [0.25, 0.3) is 0 Å². The Kier molecular flexibility index (Phi) is 3.51. The molecule has 7 nitrogen and oxygen atoms in total. The first-order valence-corrected chi connectivity index (χ1v) is 5.87. The van der Waals surface area contributed by atoms with Crippen LogP contribution in [-0.4, -0.2) is 34.0 Å². The molecular weight excluding hydrogens is 266 g/mol. The van der Waals surface area contributed by atoms with E-state index >= 15 is 0 Å². The van der Waals surface area contributed by atoms with Crippen LogP contribution in [0.2, 0.25) is 0 Å². The topological polar surface area (TPSA) is 112 Å². The Hall–Kier alpha value is -2.70. The maximum atomic E-state index is 11.8. The molecule has 1 aliphatic rings. The monoisotopic (exact) mass is 277 g/mol. The molecule has 0 radical (unpaired) electrons. The van der Waals surface area contributed by atoms with Crippen LogP contribution in [-0.2, 0) is 9.59 Å². The molecule has 1 aliphatic heterocycles. The van der Waals surface area contributed by atoms with Crippen molar-refractivity contribution in [2.24, 2.45) is 0 Å². The highest BCUT2D eigenvalue weighted by atomic mass is 16.4. The second-order valence-electron chi connectivity index (χ2n) is 4.36. The van der Waals surface area contributed by atoms with E-state index in [1.165, 1.54) is 0 Å². The normalized spacial score (nSPS) is 15.3. The maximum absolute atomic E-state index is 11.8. The number of hydrogen-bond acceptors (Lipinski definition) is 4. The first-order valence-electron chi connectivity index (χ1n) is 5.87. The molecule has 1 fully saturated rings. The van der Waals surface area contributed by atoms with Crippen molar-refractivity contribution in [3.05, 3.63) is 29.3 Å². The molecule has 104 valence electrons. The fraction of sp³-hybridized carbons (Fsp3) is 0.231. The zero-order chi connectivity index (χ0) is 14.9. The van der Waals surface area contributed by atoms with E-state index in [2.05, 4.69) is 0 Å². The van der Waals surface area contributed by atoms with Gasteiger partial charge in [0.15, 0.2) is 0 Å². The smallest absolute Gasteiger partial charge is 0.335 e. The Balaban J connectivity index is 2.54. The second kappa shape index (κ2) is 5.12. The number of amides is 2. The molecule has 0 unspecified atom stereocenters. The van der Waals surface area contributed by atoms with Gasteiger partial charge in [-0.25, -0.2) is 9.59 Å². The van der Waals surface area contributed by atoms with E-state index in [1.807, 2.05) is 0 Å². The maximum Gasteiger partial charge on any atom is 0.335 e. The van der Waals surface area contributed by atoms with E-state index in [0.29, 0.717) is 6.42 Å². The van der Waals surface area contributed by atoms with Crippen LogP contribution in [0.15, 0.2) is 18.2 Å². The van der Waals surface area contributed by atoms with E-state index in [0.717, 1.165) is 23.1 Å². The average Bonchev–Trinajstić information content (AvgIpc) is 2.38. The van der Waals surface area contributed by atoms with Crippen molar-refractivity contribution in [3.8, 4) is 0 Å². The van der Waals surface area contributed by atoms with Crippen molar-refractivity contribution < 1.29 is 29.4 Å². The van der Waals surface area contributed by atoms with Crippen molar-refractivity contribution >= 4 is 29.4 Å². The molecule has 1 aromatic carbocycles. The number of carboxylic acids is 2. The summed E-state index contributed by atoms with van der Waals surface area (Å²) in [6.45, 7) is 0. The SMILES string of the molecule is O=C(O)c1cc(C(=O)O)cc(N2C(=O)CCCC2=O)c1. The Labute approximate surface area is 113 Å². The number of imide groups is 1. The summed E-state index contributed by atoms with van der Waals surface area (Å²) in [6.07, 6.45) is 0.787.